The number of aromatic nitrogens is 2. The van der Waals surface area contributed by atoms with E-state index in [0.29, 0.717) is 39.3 Å². The van der Waals surface area contributed by atoms with E-state index in [-0.39, 0.29) is 0 Å². The lowest BCUT2D eigenvalue weighted by Crippen LogP contribution is -2.58. The van der Waals surface area contributed by atoms with Gasteiger partial charge >= 0.3 is 0 Å². The topological polar surface area (TPSA) is 121 Å². The first kappa shape index (κ1) is 32.8. The molecule has 3 heterocycles. The molecule has 12 heteroatoms. The molecular formula is C33H44ClN8O2P. The van der Waals surface area contributed by atoms with Gasteiger partial charge in [0.2, 0.25) is 5.95 Å². The highest BCUT2D eigenvalue weighted by molar-refractivity contribution is 7.70. The summed E-state index contributed by atoms with van der Waals surface area (Å²) in [7, 11) is 2.96. The number of halogens is 1. The number of piperidine rings is 1. The first-order valence-electron chi connectivity index (χ1n) is 15.1. The number of rotatable bonds is 9. The maximum absolute atomic E-state index is 13.3. The predicted octanol–water partition coefficient (Wildman–Crippen LogP) is 6.02. The average molecular weight is 651 g/mol. The minimum absolute atomic E-state index is 0.317. The fourth-order valence-electron chi connectivity index (χ4n) is 6.67. The van der Waals surface area contributed by atoms with E-state index in [2.05, 4.69) is 37.5 Å². The number of methoxy groups -OCH3 is 1. The molecule has 0 atom stereocenters. The van der Waals surface area contributed by atoms with Crippen LogP contribution in [0.15, 0.2) is 41.7 Å². The molecule has 0 radical (unpaired) electrons. The van der Waals surface area contributed by atoms with Crippen LogP contribution in [-0.2, 0) is 4.57 Å². The van der Waals surface area contributed by atoms with Crippen molar-refractivity contribution >= 4 is 64.7 Å². The van der Waals surface area contributed by atoms with E-state index in [1.165, 1.54) is 6.20 Å². The average Bonchev–Trinajstić information content (AvgIpc) is 2.98. The number of hydrogen-bond acceptors (Lipinski definition) is 10. The number of aryl methyl sites for hydroxylation is 1. The Kier molecular flexibility index (Phi) is 9.49. The Morgan fingerprint density at radius 2 is 1.87 bits per heavy atom. The van der Waals surface area contributed by atoms with Gasteiger partial charge in [0.15, 0.2) is 5.82 Å². The van der Waals surface area contributed by atoms with Gasteiger partial charge in [0.05, 0.1) is 24.7 Å². The van der Waals surface area contributed by atoms with Gasteiger partial charge in [0.25, 0.3) is 0 Å². The quantitative estimate of drug-likeness (QED) is 0.188. The van der Waals surface area contributed by atoms with Crippen LogP contribution in [0.1, 0.15) is 29.5 Å². The summed E-state index contributed by atoms with van der Waals surface area (Å²) in [6.07, 6.45) is 7.17. The largest absolute Gasteiger partial charge is 0.494 e. The zero-order chi connectivity index (χ0) is 32.5. The molecule has 2 aliphatic heterocycles. The summed E-state index contributed by atoms with van der Waals surface area (Å²) < 4.78 is 19.2. The number of likely N-dealkylation sites (tertiary alicyclic amines) is 1. The molecule has 5 rings (SSSR count). The molecule has 4 N–H and O–H groups in total. The Labute approximate surface area is 271 Å². The Morgan fingerprint density at radius 1 is 1.16 bits per heavy atom. The van der Waals surface area contributed by atoms with Crippen molar-refractivity contribution in [1.29, 1.82) is 0 Å². The van der Waals surface area contributed by atoms with Crippen molar-refractivity contribution in [2.75, 3.05) is 76.2 Å². The number of allylic oxidation sites excluding steroid dienone is 1. The molecule has 1 aromatic heterocycles. The molecule has 1 spiro atoms. The van der Waals surface area contributed by atoms with Crippen molar-refractivity contribution in [2.45, 2.75) is 26.7 Å². The maximum atomic E-state index is 13.3. The van der Waals surface area contributed by atoms with Crippen LogP contribution >= 0.6 is 18.7 Å². The highest BCUT2D eigenvalue weighted by Crippen LogP contribution is 2.44. The molecule has 2 fully saturated rings. The van der Waals surface area contributed by atoms with E-state index < -0.39 is 7.14 Å². The van der Waals surface area contributed by atoms with Crippen molar-refractivity contribution in [3.63, 3.8) is 0 Å². The third-order valence-corrected chi connectivity index (χ3v) is 10.9. The van der Waals surface area contributed by atoms with E-state index in [9.17, 15) is 4.57 Å². The van der Waals surface area contributed by atoms with Crippen LogP contribution in [0.2, 0.25) is 5.02 Å². The van der Waals surface area contributed by atoms with Crippen LogP contribution < -0.4 is 31.3 Å². The minimum atomic E-state index is -2.61. The van der Waals surface area contributed by atoms with Gasteiger partial charge in [0.1, 0.15) is 17.9 Å². The van der Waals surface area contributed by atoms with Crippen molar-refractivity contribution in [2.24, 2.45) is 16.1 Å². The predicted molar refractivity (Wildman–Crippen MR) is 190 cm³/mol. The Morgan fingerprint density at radius 3 is 2.47 bits per heavy atom. The van der Waals surface area contributed by atoms with Gasteiger partial charge in [0, 0.05) is 73.8 Å². The summed E-state index contributed by atoms with van der Waals surface area (Å²) in [6, 6.07) is 7.96. The lowest BCUT2D eigenvalue weighted by atomic mass is 9.72. The maximum Gasteiger partial charge on any atom is 0.229 e. The summed E-state index contributed by atoms with van der Waals surface area (Å²) in [5.74, 6) is 1.36. The molecule has 2 aromatic carbocycles. The van der Waals surface area contributed by atoms with Gasteiger partial charge < -0.3 is 35.5 Å². The third kappa shape index (κ3) is 6.83. The number of ether oxygens (including phenoxy) is 1. The summed E-state index contributed by atoms with van der Waals surface area (Å²) in [4.78, 5) is 18.2. The highest BCUT2D eigenvalue weighted by atomic mass is 35.5. The molecule has 10 nitrogen and oxygen atoms in total. The monoisotopic (exact) mass is 650 g/mol. The number of anilines is 5. The fourth-order valence-corrected chi connectivity index (χ4v) is 8.50. The zero-order valence-corrected chi connectivity index (χ0v) is 28.9. The first-order valence-corrected chi connectivity index (χ1v) is 18.1. The van der Waals surface area contributed by atoms with Crippen molar-refractivity contribution < 1.29 is 9.30 Å². The fraction of sp³-hybridized carbons (Fsp3) is 0.424. The van der Waals surface area contributed by atoms with Crippen molar-refractivity contribution in [3.8, 4) is 5.75 Å². The van der Waals surface area contributed by atoms with Gasteiger partial charge in [-0.15, -0.1) is 0 Å². The molecule has 0 saturated carbocycles. The molecule has 0 bridgehead atoms. The summed E-state index contributed by atoms with van der Waals surface area (Å²) in [5.41, 5.74) is 12.8. The number of nitrogens with zero attached hydrogens (tertiary/aromatic N) is 5. The van der Waals surface area contributed by atoms with Crippen molar-refractivity contribution in [3.05, 3.63) is 58.4 Å². The minimum Gasteiger partial charge on any atom is -0.494 e. The van der Waals surface area contributed by atoms with Gasteiger partial charge in [-0.25, -0.2) is 4.98 Å². The smallest absolute Gasteiger partial charge is 0.229 e. The van der Waals surface area contributed by atoms with E-state index >= 15 is 0 Å². The SMILES string of the molecule is CN=CC(=CN)c1cc(Nc2ncc(Cl)c(Nc3ccc(C)c(C)c3P(C)(C)=O)n2)c(OC)cc1N1CCC2(CC1)CN(C)C2. The zero-order valence-electron chi connectivity index (χ0n) is 27.2. The van der Waals surface area contributed by atoms with Gasteiger partial charge in [-0.1, -0.05) is 17.7 Å². The molecule has 240 valence electrons. The molecule has 0 unspecified atom stereocenters. The van der Waals surface area contributed by atoms with E-state index in [4.69, 9.17) is 27.1 Å². The number of aliphatic imine (C=N–C) groups is 1. The van der Waals surface area contributed by atoms with Crippen LogP contribution in [0.4, 0.5) is 28.8 Å². The van der Waals surface area contributed by atoms with Gasteiger partial charge in [-0.05, 0) is 75.7 Å². The first-order chi connectivity index (χ1) is 21.4. The third-order valence-electron chi connectivity index (χ3n) is 8.94. The second kappa shape index (κ2) is 13.0. The number of nitrogens with two attached hydrogens (primary N) is 1. The molecule has 45 heavy (non-hydrogen) atoms. The lowest BCUT2D eigenvalue weighted by molar-refractivity contribution is 0.00131. The van der Waals surface area contributed by atoms with E-state index in [1.54, 1.807) is 39.9 Å². The standard InChI is InChI=1S/C33H44ClN8O2P/c1-21-8-9-26(30(22(21)2)45(6,7)43)38-31-25(34)18-37-32(40-31)39-27-14-24(23(16-35)17-36-3)28(15-29(27)44-5)42-12-10-33(11-13-42)19-41(4)20-33/h8-9,14-18H,10-13,19-20,35H2,1-7H3,(H2,37,38,39,40). The summed E-state index contributed by atoms with van der Waals surface area (Å²) in [6.45, 7) is 11.8. The number of nitrogens with one attached hydrogen (secondary N) is 2. The van der Waals surface area contributed by atoms with Crippen LogP contribution in [0, 0.1) is 19.3 Å². The normalized spacial score (nSPS) is 17.1. The highest BCUT2D eigenvalue weighted by Gasteiger charge is 2.43. The molecular weight excluding hydrogens is 607 g/mol. The van der Waals surface area contributed by atoms with Gasteiger partial charge in [-0.2, -0.15) is 4.98 Å². The second-order valence-electron chi connectivity index (χ2n) is 12.6. The second-order valence-corrected chi connectivity index (χ2v) is 16.2. The summed E-state index contributed by atoms with van der Waals surface area (Å²) in [5, 5.41) is 7.76. The molecule has 3 aromatic rings. The number of hydrogen-bond donors (Lipinski definition) is 3. The van der Waals surface area contributed by atoms with Crippen LogP contribution in [0.5, 0.6) is 5.75 Å². The van der Waals surface area contributed by atoms with Crippen LogP contribution in [0.3, 0.4) is 0 Å². The molecule has 0 amide bonds. The van der Waals surface area contributed by atoms with Crippen molar-refractivity contribution in [1.82, 2.24) is 14.9 Å². The number of benzene rings is 2. The lowest BCUT2D eigenvalue weighted by Gasteiger charge is -2.53. The Bertz CT molecular complexity index is 1690. The molecule has 2 aliphatic rings. The van der Waals surface area contributed by atoms with E-state index in [1.807, 2.05) is 38.1 Å². The molecule has 2 saturated heterocycles. The van der Waals surface area contributed by atoms with Crippen LogP contribution in [0.25, 0.3) is 5.57 Å². The van der Waals surface area contributed by atoms with E-state index in [0.717, 1.165) is 72.3 Å². The Balaban J connectivity index is 1.49. The Hall–Kier alpha value is -3.59. The van der Waals surface area contributed by atoms with Gasteiger partial charge in [-0.3, -0.25) is 4.99 Å². The summed E-state index contributed by atoms with van der Waals surface area (Å²) >= 11 is 6.56. The van der Waals surface area contributed by atoms with Crippen LogP contribution in [-0.4, -0.2) is 81.8 Å². The molecule has 0 aliphatic carbocycles.